The largest absolute Gasteiger partial charge is 0.439 e. The minimum atomic E-state index is -0.242. The summed E-state index contributed by atoms with van der Waals surface area (Å²) in [7, 11) is 1.74. The summed E-state index contributed by atoms with van der Waals surface area (Å²) >= 11 is 0. The van der Waals surface area contributed by atoms with E-state index in [0.717, 1.165) is 5.56 Å². The molecule has 0 spiro atoms. The molecule has 0 aromatic heterocycles. The molecule has 68 valence electrons. The fraction of sp³-hybridized carbons (Fsp3) is 0.300. The van der Waals surface area contributed by atoms with Gasteiger partial charge in [-0.2, -0.15) is 0 Å². The number of ether oxygens (including phenoxy) is 1. The predicted octanol–water partition coefficient (Wildman–Crippen LogP) is 1.81. The van der Waals surface area contributed by atoms with Crippen LogP contribution in [0.4, 0.5) is 4.79 Å². The van der Waals surface area contributed by atoms with Crippen LogP contribution in [0.5, 0.6) is 0 Å². The van der Waals surface area contributed by atoms with Crippen molar-refractivity contribution in [2.24, 2.45) is 0 Å². The van der Waals surface area contributed by atoms with Gasteiger partial charge in [0.25, 0.3) is 0 Å². The lowest BCUT2D eigenvalue weighted by molar-refractivity contribution is 0.135. The molecule has 1 aromatic rings. The van der Waals surface area contributed by atoms with Crippen LogP contribution in [-0.4, -0.2) is 24.6 Å². The van der Waals surface area contributed by atoms with Crippen LogP contribution in [0.2, 0.25) is 0 Å². The Morgan fingerprint density at radius 3 is 2.62 bits per heavy atom. The molecule has 1 aliphatic rings. The van der Waals surface area contributed by atoms with Crippen LogP contribution in [0.15, 0.2) is 30.3 Å². The summed E-state index contributed by atoms with van der Waals surface area (Å²) in [6, 6.07) is 9.78. The van der Waals surface area contributed by atoms with Crippen molar-refractivity contribution in [2.75, 3.05) is 13.6 Å². The van der Waals surface area contributed by atoms with Gasteiger partial charge in [-0.3, -0.25) is 0 Å². The average Bonchev–Trinajstić information content (AvgIpc) is 2.49. The highest BCUT2D eigenvalue weighted by Crippen LogP contribution is 2.24. The van der Waals surface area contributed by atoms with Crippen LogP contribution in [0.25, 0.3) is 0 Å². The maximum atomic E-state index is 11.1. The third-order valence-electron chi connectivity index (χ3n) is 2.17. The van der Waals surface area contributed by atoms with Gasteiger partial charge in [-0.15, -0.1) is 0 Å². The first-order valence-corrected chi connectivity index (χ1v) is 4.24. The quantitative estimate of drug-likeness (QED) is 0.654. The monoisotopic (exact) mass is 177 g/mol. The Labute approximate surface area is 76.9 Å². The molecule has 1 aromatic carbocycles. The fourth-order valence-electron chi connectivity index (χ4n) is 1.41. The van der Waals surface area contributed by atoms with Crippen molar-refractivity contribution in [1.29, 1.82) is 0 Å². The molecular formula is C10H11NO2. The standard InChI is InChI=1S/C10H11NO2/c1-11-7-9(13-10(11)12)8-5-3-2-4-6-8/h2-6,9H,7H2,1H3. The van der Waals surface area contributed by atoms with E-state index in [0.29, 0.717) is 6.54 Å². The van der Waals surface area contributed by atoms with E-state index in [1.54, 1.807) is 11.9 Å². The zero-order chi connectivity index (χ0) is 9.26. The molecule has 13 heavy (non-hydrogen) atoms. The molecule has 1 saturated heterocycles. The number of benzene rings is 1. The summed E-state index contributed by atoms with van der Waals surface area (Å²) in [4.78, 5) is 12.6. The summed E-state index contributed by atoms with van der Waals surface area (Å²) in [5, 5.41) is 0. The van der Waals surface area contributed by atoms with Gasteiger partial charge >= 0.3 is 6.09 Å². The molecule has 0 saturated carbocycles. The van der Waals surface area contributed by atoms with Crippen LogP contribution in [0, 0.1) is 0 Å². The van der Waals surface area contributed by atoms with Crippen LogP contribution < -0.4 is 0 Å². The fourth-order valence-corrected chi connectivity index (χ4v) is 1.41. The smallest absolute Gasteiger partial charge is 0.410 e. The highest BCUT2D eigenvalue weighted by atomic mass is 16.6. The van der Waals surface area contributed by atoms with Crippen LogP contribution in [0.1, 0.15) is 11.7 Å². The Morgan fingerprint density at radius 1 is 1.38 bits per heavy atom. The van der Waals surface area contributed by atoms with E-state index in [9.17, 15) is 4.79 Å². The lowest BCUT2D eigenvalue weighted by Gasteiger charge is -2.06. The molecule has 1 aliphatic heterocycles. The highest BCUT2D eigenvalue weighted by Gasteiger charge is 2.28. The number of cyclic esters (lactones) is 1. The minimum Gasteiger partial charge on any atom is -0.439 e. The molecule has 1 fully saturated rings. The van der Waals surface area contributed by atoms with Gasteiger partial charge in [0, 0.05) is 7.05 Å². The molecule has 0 bridgehead atoms. The zero-order valence-corrected chi connectivity index (χ0v) is 7.43. The number of likely N-dealkylation sites (N-methyl/N-ethyl adjacent to an activating group) is 1. The number of nitrogens with zero attached hydrogens (tertiary/aromatic N) is 1. The molecule has 1 unspecified atom stereocenters. The van der Waals surface area contributed by atoms with Gasteiger partial charge in [-0.1, -0.05) is 30.3 Å². The zero-order valence-electron chi connectivity index (χ0n) is 7.43. The maximum Gasteiger partial charge on any atom is 0.410 e. The van der Waals surface area contributed by atoms with Crippen LogP contribution >= 0.6 is 0 Å². The molecule has 1 amide bonds. The Morgan fingerprint density at radius 2 is 2.08 bits per heavy atom. The molecule has 0 N–H and O–H groups in total. The number of rotatable bonds is 1. The second-order valence-electron chi connectivity index (χ2n) is 3.16. The van der Waals surface area contributed by atoms with E-state index in [1.165, 1.54) is 0 Å². The first-order valence-electron chi connectivity index (χ1n) is 4.24. The van der Waals surface area contributed by atoms with E-state index in [4.69, 9.17) is 4.74 Å². The molecule has 3 heteroatoms. The second kappa shape index (κ2) is 3.09. The summed E-state index contributed by atoms with van der Waals surface area (Å²) < 4.78 is 5.15. The van der Waals surface area contributed by atoms with E-state index < -0.39 is 0 Å². The van der Waals surface area contributed by atoms with Crippen LogP contribution in [0.3, 0.4) is 0 Å². The SMILES string of the molecule is CN1CC(c2ccccc2)OC1=O. The topological polar surface area (TPSA) is 29.5 Å². The first-order chi connectivity index (χ1) is 6.27. The van der Waals surface area contributed by atoms with E-state index in [1.807, 2.05) is 30.3 Å². The van der Waals surface area contributed by atoms with Crippen molar-refractivity contribution in [2.45, 2.75) is 6.10 Å². The molecule has 0 aliphatic carbocycles. The van der Waals surface area contributed by atoms with Gasteiger partial charge in [0.1, 0.15) is 6.10 Å². The van der Waals surface area contributed by atoms with Crippen molar-refractivity contribution in [1.82, 2.24) is 4.90 Å². The molecular weight excluding hydrogens is 166 g/mol. The molecule has 1 heterocycles. The van der Waals surface area contributed by atoms with Gasteiger partial charge in [-0.25, -0.2) is 4.79 Å². The van der Waals surface area contributed by atoms with Gasteiger partial charge in [0.2, 0.25) is 0 Å². The van der Waals surface area contributed by atoms with Gasteiger partial charge in [-0.05, 0) is 5.56 Å². The Bertz CT molecular complexity index is 310. The third kappa shape index (κ3) is 1.49. The lowest BCUT2D eigenvalue weighted by Crippen LogP contribution is -2.17. The third-order valence-corrected chi connectivity index (χ3v) is 2.17. The van der Waals surface area contributed by atoms with Crippen molar-refractivity contribution < 1.29 is 9.53 Å². The van der Waals surface area contributed by atoms with Crippen molar-refractivity contribution >= 4 is 6.09 Å². The molecule has 3 nitrogen and oxygen atoms in total. The van der Waals surface area contributed by atoms with Gasteiger partial charge in [0.15, 0.2) is 0 Å². The number of carbonyl (C=O) groups excluding carboxylic acids is 1. The average molecular weight is 177 g/mol. The van der Waals surface area contributed by atoms with Crippen molar-refractivity contribution in [3.63, 3.8) is 0 Å². The van der Waals surface area contributed by atoms with Crippen molar-refractivity contribution in [3.05, 3.63) is 35.9 Å². The number of hydrogen-bond donors (Lipinski definition) is 0. The summed E-state index contributed by atoms with van der Waals surface area (Å²) in [5.74, 6) is 0. The summed E-state index contributed by atoms with van der Waals surface area (Å²) in [6.07, 6.45) is -0.340. The molecule has 1 atom stereocenters. The van der Waals surface area contributed by atoms with E-state index in [-0.39, 0.29) is 12.2 Å². The highest BCUT2D eigenvalue weighted by molar-refractivity contribution is 5.69. The Balaban J connectivity index is 2.17. The molecule has 2 rings (SSSR count). The summed E-state index contributed by atoms with van der Waals surface area (Å²) in [6.45, 7) is 0.642. The second-order valence-corrected chi connectivity index (χ2v) is 3.16. The van der Waals surface area contributed by atoms with Crippen LogP contribution in [-0.2, 0) is 4.74 Å². The van der Waals surface area contributed by atoms with E-state index >= 15 is 0 Å². The van der Waals surface area contributed by atoms with E-state index in [2.05, 4.69) is 0 Å². The number of carbonyl (C=O) groups is 1. The predicted molar refractivity (Wildman–Crippen MR) is 48.3 cm³/mol. The summed E-state index contributed by atoms with van der Waals surface area (Å²) in [5.41, 5.74) is 1.06. The number of hydrogen-bond acceptors (Lipinski definition) is 2. The van der Waals surface area contributed by atoms with Crippen molar-refractivity contribution in [3.8, 4) is 0 Å². The normalized spacial score (nSPS) is 21.8. The number of amides is 1. The lowest BCUT2D eigenvalue weighted by atomic mass is 10.1. The Hall–Kier alpha value is -1.51. The Kier molecular flexibility index (Phi) is 1.93. The van der Waals surface area contributed by atoms with Gasteiger partial charge < -0.3 is 9.64 Å². The minimum absolute atomic E-state index is 0.0984. The first kappa shape index (κ1) is 8.10. The van der Waals surface area contributed by atoms with Gasteiger partial charge in [0.05, 0.1) is 6.54 Å². The molecule has 0 radical (unpaired) electrons. The maximum absolute atomic E-state index is 11.1.